The molecule has 0 unspecified atom stereocenters. The zero-order chi connectivity index (χ0) is 12.1. The summed E-state index contributed by atoms with van der Waals surface area (Å²) in [4.78, 5) is 5.66. The molecule has 1 aliphatic rings. The van der Waals surface area contributed by atoms with Crippen LogP contribution >= 0.6 is 0 Å². The summed E-state index contributed by atoms with van der Waals surface area (Å²) < 4.78 is 0. The number of H-pyrrole nitrogens is 1. The van der Waals surface area contributed by atoms with Gasteiger partial charge >= 0.3 is 0 Å². The van der Waals surface area contributed by atoms with Crippen LogP contribution in [0.25, 0.3) is 0 Å². The average Bonchev–Trinajstić information content (AvgIpc) is 2.83. The smallest absolute Gasteiger partial charge is 0.0357 e. The Balaban J connectivity index is 1.85. The molecule has 0 amide bonds. The summed E-state index contributed by atoms with van der Waals surface area (Å²) in [6, 6.07) is 4.19. The molecule has 96 valence electrons. The van der Waals surface area contributed by atoms with Gasteiger partial charge in [-0.05, 0) is 39.1 Å². The summed E-state index contributed by atoms with van der Waals surface area (Å²) in [7, 11) is 4.45. The van der Waals surface area contributed by atoms with E-state index in [0.717, 1.165) is 13.1 Å². The number of nitrogens with zero attached hydrogens (tertiary/aromatic N) is 1. The van der Waals surface area contributed by atoms with E-state index in [1.807, 2.05) is 6.20 Å². The molecule has 0 aromatic carbocycles. The van der Waals surface area contributed by atoms with Gasteiger partial charge in [0, 0.05) is 30.5 Å². The van der Waals surface area contributed by atoms with Crippen molar-refractivity contribution in [1.29, 1.82) is 0 Å². The zero-order valence-electron chi connectivity index (χ0n) is 11.1. The van der Waals surface area contributed by atoms with Crippen LogP contribution in [-0.2, 0) is 6.54 Å². The molecular weight excluding hydrogens is 210 g/mol. The fourth-order valence-electron chi connectivity index (χ4n) is 2.90. The van der Waals surface area contributed by atoms with E-state index in [1.54, 1.807) is 0 Å². The molecule has 1 heterocycles. The molecule has 0 bridgehead atoms. The van der Waals surface area contributed by atoms with E-state index in [2.05, 4.69) is 41.4 Å². The van der Waals surface area contributed by atoms with Crippen molar-refractivity contribution in [2.24, 2.45) is 0 Å². The van der Waals surface area contributed by atoms with Crippen LogP contribution in [0.1, 0.15) is 37.8 Å². The summed E-state index contributed by atoms with van der Waals surface area (Å²) in [6.45, 7) is 2.04. The normalized spacial score (nSPS) is 19.7. The third-order valence-corrected chi connectivity index (χ3v) is 4.16. The SMILES string of the molecule is CN(C)C1(CNCc2ccc[nH]2)CCCCC1. The third kappa shape index (κ3) is 3.11. The number of hydrogen-bond acceptors (Lipinski definition) is 2. The summed E-state index contributed by atoms with van der Waals surface area (Å²) in [6.07, 6.45) is 8.81. The molecule has 0 aliphatic heterocycles. The number of rotatable bonds is 5. The van der Waals surface area contributed by atoms with Gasteiger partial charge in [-0.1, -0.05) is 19.3 Å². The number of aromatic nitrogens is 1. The monoisotopic (exact) mass is 235 g/mol. The van der Waals surface area contributed by atoms with E-state index in [4.69, 9.17) is 0 Å². The first-order chi connectivity index (χ1) is 8.23. The van der Waals surface area contributed by atoms with Gasteiger partial charge in [0.05, 0.1) is 0 Å². The lowest BCUT2D eigenvalue weighted by molar-refractivity contribution is 0.0983. The minimum absolute atomic E-state index is 0.380. The predicted molar refractivity (Wildman–Crippen MR) is 72.0 cm³/mol. The highest BCUT2D eigenvalue weighted by atomic mass is 15.2. The second kappa shape index (κ2) is 5.69. The summed E-state index contributed by atoms with van der Waals surface area (Å²) in [5.41, 5.74) is 1.65. The van der Waals surface area contributed by atoms with Crippen molar-refractivity contribution in [3.8, 4) is 0 Å². The Labute approximate surface area is 105 Å². The Morgan fingerprint density at radius 2 is 2.06 bits per heavy atom. The molecule has 1 saturated carbocycles. The number of hydrogen-bond donors (Lipinski definition) is 2. The number of aromatic amines is 1. The quantitative estimate of drug-likeness (QED) is 0.821. The van der Waals surface area contributed by atoms with Crippen LogP contribution in [0.5, 0.6) is 0 Å². The fourth-order valence-corrected chi connectivity index (χ4v) is 2.90. The van der Waals surface area contributed by atoms with Gasteiger partial charge < -0.3 is 15.2 Å². The van der Waals surface area contributed by atoms with E-state index in [0.29, 0.717) is 5.54 Å². The van der Waals surface area contributed by atoms with E-state index in [-0.39, 0.29) is 0 Å². The maximum Gasteiger partial charge on any atom is 0.0357 e. The Morgan fingerprint density at radius 3 is 2.65 bits per heavy atom. The molecule has 1 aromatic heterocycles. The van der Waals surface area contributed by atoms with Gasteiger partial charge in [-0.2, -0.15) is 0 Å². The molecule has 0 radical (unpaired) electrons. The lowest BCUT2D eigenvalue weighted by Crippen LogP contribution is -2.52. The first-order valence-corrected chi connectivity index (χ1v) is 6.73. The Bertz CT molecular complexity index is 310. The molecular formula is C14H25N3. The Kier molecular flexibility index (Phi) is 4.24. The minimum atomic E-state index is 0.380. The first kappa shape index (κ1) is 12.7. The van der Waals surface area contributed by atoms with Crippen LogP contribution < -0.4 is 5.32 Å². The van der Waals surface area contributed by atoms with Crippen molar-refractivity contribution in [1.82, 2.24) is 15.2 Å². The average molecular weight is 235 g/mol. The van der Waals surface area contributed by atoms with Gasteiger partial charge in [0.2, 0.25) is 0 Å². The topological polar surface area (TPSA) is 31.1 Å². The van der Waals surface area contributed by atoms with Crippen LogP contribution in [0.3, 0.4) is 0 Å². The minimum Gasteiger partial charge on any atom is -0.364 e. The molecule has 1 fully saturated rings. The highest BCUT2D eigenvalue weighted by molar-refractivity contribution is 5.03. The Hall–Kier alpha value is -0.800. The van der Waals surface area contributed by atoms with Crippen molar-refractivity contribution >= 4 is 0 Å². The molecule has 1 aromatic rings. The second-order valence-corrected chi connectivity index (χ2v) is 5.48. The number of nitrogens with one attached hydrogen (secondary N) is 2. The van der Waals surface area contributed by atoms with Crippen LogP contribution in [0.15, 0.2) is 18.3 Å². The second-order valence-electron chi connectivity index (χ2n) is 5.48. The van der Waals surface area contributed by atoms with E-state index in [9.17, 15) is 0 Å². The van der Waals surface area contributed by atoms with Gasteiger partial charge in [0.25, 0.3) is 0 Å². The van der Waals surface area contributed by atoms with Crippen LogP contribution in [0.2, 0.25) is 0 Å². The van der Waals surface area contributed by atoms with E-state index in [1.165, 1.54) is 37.8 Å². The van der Waals surface area contributed by atoms with Crippen molar-refractivity contribution in [2.75, 3.05) is 20.6 Å². The highest BCUT2D eigenvalue weighted by Crippen LogP contribution is 2.31. The fraction of sp³-hybridized carbons (Fsp3) is 0.714. The van der Waals surface area contributed by atoms with Crippen molar-refractivity contribution < 1.29 is 0 Å². The molecule has 2 rings (SSSR count). The third-order valence-electron chi connectivity index (χ3n) is 4.16. The van der Waals surface area contributed by atoms with E-state index >= 15 is 0 Å². The zero-order valence-corrected chi connectivity index (χ0v) is 11.1. The van der Waals surface area contributed by atoms with Crippen molar-refractivity contribution in [3.05, 3.63) is 24.0 Å². The van der Waals surface area contributed by atoms with Crippen LogP contribution in [0, 0.1) is 0 Å². The predicted octanol–water partition coefficient (Wildman–Crippen LogP) is 2.37. The standard InChI is InChI=1S/C14H25N3/c1-17(2)14(8-4-3-5-9-14)12-15-11-13-7-6-10-16-13/h6-7,10,15-16H,3-5,8-9,11-12H2,1-2H3. The molecule has 0 saturated heterocycles. The van der Waals surface area contributed by atoms with Gasteiger partial charge in [0.1, 0.15) is 0 Å². The van der Waals surface area contributed by atoms with Crippen molar-refractivity contribution in [2.45, 2.75) is 44.2 Å². The van der Waals surface area contributed by atoms with Gasteiger partial charge in [-0.15, -0.1) is 0 Å². The lowest BCUT2D eigenvalue weighted by atomic mass is 9.80. The maximum absolute atomic E-state index is 3.61. The maximum atomic E-state index is 3.61. The molecule has 17 heavy (non-hydrogen) atoms. The lowest BCUT2D eigenvalue weighted by Gasteiger charge is -2.43. The molecule has 2 N–H and O–H groups in total. The van der Waals surface area contributed by atoms with Crippen LogP contribution in [0.4, 0.5) is 0 Å². The molecule has 3 nitrogen and oxygen atoms in total. The van der Waals surface area contributed by atoms with Crippen molar-refractivity contribution in [3.63, 3.8) is 0 Å². The molecule has 3 heteroatoms. The van der Waals surface area contributed by atoms with Gasteiger partial charge in [-0.3, -0.25) is 0 Å². The molecule has 0 spiro atoms. The Morgan fingerprint density at radius 1 is 1.29 bits per heavy atom. The highest BCUT2D eigenvalue weighted by Gasteiger charge is 2.33. The number of likely N-dealkylation sites (N-methyl/N-ethyl adjacent to an activating group) is 1. The molecule has 1 aliphatic carbocycles. The summed E-state index contributed by atoms with van der Waals surface area (Å²) in [5, 5.41) is 3.61. The first-order valence-electron chi connectivity index (χ1n) is 6.73. The van der Waals surface area contributed by atoms with E-state index < -0.39 is 0 Å². The van der Waals surface area contributed by atoms with Gasteiger partial charge in [0.15, 0.2) is 0 Å². The largest absolute Gasteiger partial charge is 0.364 e. The molecule has 0 atom stereocenters. The van der Waals surface area contributed by atoms with Gasteiger partial charge in [-0.25, -0.2) is 0 Å². The summed E-state index contributed by atoms with van der Waals surface area (Å²) in [5.74, 6) is 0. The summed E-state index contributed by atoms with van der Waals surface area (Å²) >= 11 is 0. The van der Waals surface area contributed by atoms with Crippen LogP contribution in [-0.4, -0.2) is 36.1 Å².